The third kappa shape index (κ3) is 5.60. The van der Waals surface area contributed by atoms with Crippen LogP contribution in [0, 0.1) is 11.3 Å². The molecule has 0 bridgehead atoms. The molecule has 0 fully saturated rings. The van der Waals surface area contributed by atoms with E-state index in [2.05, 4.69) is 50.3 Å². The van der Waals surface area contributed by atoms with Crippen molar-refractivity contribution in [3.05, 3.63) is 65.2 Å². The van der Waals surface area contributed by atoms with E-state index in [0.29, 0.717) is 12.2 Å². The molecule has 0 spiro atoms. The highest BCUT2D eigenvalue weighted by Crippen LogP contribution is 2.17. The maximum atomic E-state index is 9.14. The van der Waals surface area contributed by atoms with Gasteiger partial charge in [-0.25, -0.2) is 0 Å². The fourth-order valence-corrected chi connectivity index (χ4v) is 2.33. The minimum atomic E-state index is 0.106. The molecule has 0 amide bonds. The average Bonchev–Trinajstić information content (AvgIpc) is 2.60. The van der Waals surface area contributed by atoms with Crippen LogP contribution in [0.1, 0.15) is 30.5 Å². The summed E-state index contributed by atoms with van der Waals surface area (Å²) in [5, 5.41) is 12.6. The Labute approximate surface area is 151 Å². The van der Waals surface area contributed by atoms with Crippen molar-refractivity contribution in [1.29, 1.82) is 5.26 Å². The molecule has 4 heteroatoms. The van der Waals surface area contributed by atoms with Gasteiger partial charge in [0.05, 0.1) is 11.6 Å². The summed E-state index contributed by atoms with van der Waals surface area (Å²) < 4.78 is 5.87. The van der Waals surface area contributed by atoms with Gasteiger partial charge in [-0.2, -0.15) is 5.26 Å². The summed E-state index contributed by atoms with van der Waals surface area (Å²) in [5.74, 6) is 0.818. The smallest absolute Gasteiger partial charge is 0.120 e. The molecule has 0 aromatic heterocycles. The van der Waals surface area contributed by atoms with Crippen LogP contribution in [-0.4, -0.2) is 31.1 Å². The van der Waals surface area contributed by atoms with E-state index in [1.54, 1.807) is 0 Å². The molecule has 0 radical (unpaired) electrons. The Kier molecular flexibility index (Phi) is 6.58. The molecule has 0 unspecified atom stereocenters. The van der Waals surface area contributed by atoms with Crippen LogP contribution in [0.15, 0.2) is 48.5 Å². The van der Waals surface area contributed by atoms with Gasteiger partial charge in [0.15, 0.2) is 0 Å². The Hall–Kier alpha value is -2.35. The van der Waals surface area contributed by atoms with Crippen molar-refractivity contribution in [1.82, 2.24) is 10.2 Å². The topological polar surface area (TPSA) is 48.3 Å². The first-order chi connectivity index (χ1) is 11.9. The van der Waals surface area contributed by atoms with Crippen molar-refractivity contribution in [3.8, 4) is 11.8 Å². The second-order valence-corrected chi connectivity index (χ2v) is 7.02. The molecule has 0 aliphatic heterocycles. The third-order valence-electron chi connectivity index (χ3n) is 4.53. The van der Waals surface area contributed by atoms with Crippen LogP contribution < -0.4 is 10.1 Å². The normalized spacial score (nSPS) is 11.4. The number of nitrogens with zero attached hydrogens (tertiary/aromatic N) is 2. The van der Waals surface area contributed by atoms with Gasteiger partial charge in [0, 0.05) is 24.2 Å². The summed E-state index contributed by atoms with van der Waals surface area (Å²) in [6, 6.07) is 17.8. The monoisotopic (exact) mass is 337 g/mol. The van der Waals surface area contributed by atoms with Gasteiger partial charge in [0.1, 0.15) is 12.4 Å². The Morgan fingerprint density at radius 2 is 1.88 bits per heavy atom. The van der Waals surface area contributed by atoms with Crippen LogP contribution in [0.3, 0.4) is 0 Å². The number of rotatable bonds is 8. The first-order valence-electron chi connectivity index (χ1n) is 8.50. The fourth-order valence-electron chi connectivity index (χ4n) is 2.33. The number of hydrogen-bond acceptors (Lipinski definition) is 4. The minimum absolute atomic E-state index is 0.106. The van der Waals surface area contributed by atoms with Crippen LogP contribution in [0.5, 0.6) is 5.75 Å². The predicted octanol–water partition coefficient (Wildman–Crippen LogP) is 3.57. The highest BCUT2D eigenvalue weighted by molar-refractivity contribution is 5.37. The van der Waals surface area contributed by atoms with E-state index < -0.39 is 0 Å². The second kappa shape index (κ2) is 8.66. The summed E-state index contributed by atoms with van der Waals surface area (Å²) >= 11 is 0. The van der Waals surface area contributed by atoms with Crippen LogP contribution in [0.25, 0.3) is 0 Å². The molecule has 25 heavy (non-hydrogen) atoms. The molecule has 4 nitrogen and oxygen atoms in total. The lowest BCUT2D eigenvalue weighted by Gasteiger charge is -2.32. The molecular formula is C21H27N3O. The molecule has 2 aromatic carbocycles. The lowest BCUT2D eigenvalue weighted by Crippen LogP contribution is -2.46. The van der Waals surface area contributed by atoms with E-state index in [9.17, 15) is 0 Å². The van der Waals surface area contributed by atoms with E-state index in [-0.39, 0.29) is 5.54 Å². The minimum Gasteiger partial charge on any atom is -0.489 e. The van der Waals surface area contributed by atoms with Crippen molar-refractivity contribution in [2.75, 3.05) is 20.6 Å². The molecule has 2 rings (SSSR count). The molecule has 2 aromatic rings. The largest absolute Gasteiger partial charge is 0.489 e. The maximum Gasteiger partial charge on any atom is 0.120 e. The van der Waals surface area contributed by atoms with Gasteiger partial charge in [-0.05, 0) is 51.7 Å². The summed E-state index contributed by atoms with van der Waals surface area (Å²) in [4.78, 5) is 2.21. The van der Waals surface area contributed by atoms with Gasteiger partial charge in [-0.15, -0.1) is 0 Å². The van der Waals surface area contributed by atoms with Crippen LogP contribution in [0.4, 0.5) is 0 Å². The van der Waals surface area contributed by atoms with Crippen molar-refractivity contribution in [2.45, 2.75) is 32.5 Å². The first kappa shape index (κ1) is 19.0. The molecule has 0 saturated carbocycles. The molecular weight excluding hydrogens is 310 g/mol. The zero-order valence-corrected chi connectivity index (χ0v) is 15.5. The molecule has 1 N–H and O–H groups in total. The van der Waals surface area contributed by atoms with Crippen molar-refractivity contribution >= 4 is 0 Å². The molecule has 0 saturated heterocycles. The zero-order valence-electron chi connectivity index (χ0n) is 15.5. The quantitative estimate of drug-likeness (QED) is 0.800. The number of nitrogens with one attached hydrogen (secondary N) is 1. The molecule has 0 heterocycles. The highest BCUT2D eigenvalue weighted by atomic mass is 16.5. The van der Waals surface area contributed by atoms with E-state index in [1.807, 2.05) is 42.5 Å². The Morgan fingerprint density at radius 3 is 2.60 bits per heavy atom. The average molecular weight is 337 g/mol. The van der Waals surface area contributed by atoms with E-state index >= 15 is 0 Å². The molecule has 0 aliphatic rings. The van der Waals surface area contributed by atoms with Crippen molar-refractivity contribution in [3.63, 3.8) is 0 Å². The number of benzene rings is 2. The zero-order chi connectivity index (χ0) is 18.3. The number of ether oxygens (including phenoxy) is 1. The van der Waals surface area contributed by atoms with Gasteiger partial charge >= 0.3 is 0 Å². The van der Waals surface area contributed by atoms with Crippen LogP contribution >= 0.6 is 0 Å². The second-order valence-electron chi connectivity index (χ2n) is 7.02. The van der Waals surface area contributed by atoms with E-state index in [4.69, 9.17) is 10.00 Å². The Balaban J connectivity index is 1.92. The number of nitriles is 1. The Bertz CT molecular complexity index is 732. The number of hydrogen-bond donors (Lipinski definition) is 1. The maximum absolute atomic E-state index is 9.14. The fraction of sp³-hybridized carbons (Fsp3) is 0.381. The Morgan fingerprint density at radius 1 is 1.12 bits per heavy atom. The van der Waals surface area contributed by atoms with E-state index in [1.165, 1.54) is 5.56 Å². The highest BCUT2D eigenvalue weighted by Gasteiger charge is 2.19. The van der Waals surface area contributed by atoms with Crippen molar-refractivity contribution < 1.29 is 4.74 Å². The summed E-state index contributed by atoms with van der Waals surface area (Å²) in [7, 11) is 4.18. The number of likely N-dealkylation sites (N-methyl/N-ethyl adjacent to an activating group) is 1. The summed E-state index contributed by atoms with van der Waals surface area (Å²) in [6.45, 7) is 6.52. The van der Waals surface area contributed by atoms with Gasteiger partial charge in [-0.3, -0.25) is 0 Å². The summed E-state index contributed by atoms with van der Waals surface area (Å²) in [6.07, 6.45) is 0. The van der Waals surface area contributed by atoms with Gasteiger partial charge in [0.25, 0.3) is 0 Å². The summed E-state index contributed by atoms with van der Waals surface area (Å²) in [5.41, 5.74) is 2.85. The van der Waals surface area contributed by atoms with E-state index in [0.717, 1.165) is 24.4 Å². The predicted molar refractivity (Wildman–Crippen MR) is 101 cm³/mol. The SMILES string of the molecule is CN(C)C(C)(C)CNCc1cccc(OCc2ccccc2C#N)c1. The molecule has 132 valence electrons. The lowest BCUT2D eigenvalue weighted by atomic mass is 10.0. The van der Waals surface area contributed by atoms with Crippen LogP contribution in [0.2, 0.25) is 0 Å². The van der Waals surface area contributed by atoms with Gasteiger partial charge < -0.3 is 15.0 Å². The third-order valence-corrected chi connectivity index (χ3v) is 4.53. The molecule has 0 aliphatic carbocycles. The van der Waals surface area contributed by atoms with Gasteiger partial charge in [0.2, 0.25) is 0 Å². The standard InChI is InChI=1S/C21H27N3O/c1-21(2,24(3)4)16-23-14-17-8-7-11-20(12-17)25-15-19-10-6-5-9-18(19)13-22/h5-12,23H,14-16H2,1-4H3. The first-order valence-corrected chi connectivity index (χ1v) is 8.50. The van der Waals surface area contributed by atoms with Gasteiger partial charge in [-0.1, -0.05) is 30.3 Å². The molecule has 0 atom stereocenters. The van der Waals surface area contributed by atoms with Crippen LogP contribution in [-0.2, 0) is 13.2 Å². The van der Waals surface area contributed by atoms with Crippen molar-refractivity contribution in [2.24, 2.45) is 0 Å². The lowest BCUT2D eigenvalue weighted by molar-refractivity contribution is 0.189.